The third kappa shape index (κ3) is 4.60. The van der Waals surface area contributed by atoms with E-state index < -0.39 is 0 Å². The maximum atomic E-state index is 13.0. The molecule has 1 saturated heterocycles. The number of hydrogen-bond acceptors (Lipinski definition) is 4. The molecule has 2 aromatic heterocycles. The van der Waals surface area contributed by atoms with Crippen molar-refractivity contribution < 1.29 is 4.79 Å². The average Bonchev–Trinajstić information content (AvgIpc) is 3.29. The number of hydrogen-bond donors (Lipinski definition) is 2. The average molecular weight is 448 g/mol. The van der Waals surface area contributed by atoms with E-state index in [4.69, 9.17) is 0 Å². The second-order valence-corrected chi connectivity index (χ2v) is 10.6. The highest BCUT2D eigenvalue weighted by Crippen LogP contribution is 2.30. The smallest absolute Gasteiger partial charge is 0.257 e. The maximum absolute atomic E-state index is 13.0. The summed E-state index contributed by atoms with van der Waals surface area (Å²) in [7, 11) is 0. The van der Waals surface area contributed by atoms with Gasteiger partial charge in [0, 0.05) is 23.7 Å². The standard InChI is InChI=1S/C26H29N3O2S/c1-15-24(32-16(2)27-15)20-11-12-22(29-25(20)31)21(14-19-10-13-23(30)28-19)17-6-8-18(9-7-17)26(3,4)5/h6-9,11-12,14,19H,10,13H2,1-5H3,(H,28,30)(H,29,31)/b21-14-/t19-/m1/s1. The topological polar surface area (TPSA) is 74.8 Å². The Kier molecular flexibility index (Phi) is 5.91. The summed E-state index contributed by atoms with van der Waals surface area (Å²) in [5, 5.41) is 3.95. The molecule has 0 spiro atoms. The summed E-state index contributed by atoms with van der Waals surface area (Å²) in [6, 6.07) is 12.2. The van der Waals surface area contributed by atoms with Gasteiger partial charge in [-0.1, -0.05) is 51.1 Å². The molecule has 0 bridgehead atoms. The van der Waals surface area contributed by atoms with E-state index in [9.17, 15) is 9.59 Å². The molecule has 1 aliphatic heterocycles. The summed E-state index contributed by atoms with van der Waals surface area (Å²) in [6.45, 7) is 10.4. The summed E-state index contributed by atoms with van der Waals surface area (Å²) in [4.78, 5) is 33.2. The number of aryl methyl sites for hydroxylation is 2. The maximum Gasteiger partial charge on any atom is 0.257 e. The third-order valence-electron chi connectivity index (χ3n) is 5.81. The summed E-state index contributed by atoms with van der Waals surface area (Å²) >= 11 is 1.53. The number of carbonyl (C=O) groups excluding carboxylic acids is 1. The molecule has 3 aromatic rings. The van der Waals surface area contributed by atoms with E-state index in [0.29, 0.717) is 12.0 Å². The van der Waals surface area contributed by atoms with Crippen LogP contribution in [0.1, 0.15) is 61.1 Å². The van der Waals surface area contributed by atoms with Crippen molar-refractivity contribution in [3.63, 3.8) is 0 Å². The van der Waals surface area contributed by atoms with Gasteiger partial charge in [-0.25, -0.2) is 4.98 Å². The molecule has 0 saturated carbocycles. The fourth-order valence-corrected chi connectivity index (χ4v) is 4.99. The van der Waals surface area contributed by atoms with Gasteiger partial charge in [-0.15, -0.1) is 11.3 Å². The zero-order chi connectivity index (χ0) is 23.0. The molecule has 6 heteroatoms. The Balaban J connectivity index is 1.77. The minimum atomic E-state index is -0.137. The van der Waals surface area contributed by atoms with E-state index in [1.54, 1.807) is 0 Å². The number of rotatable bonds is 4. The van der Waals surface area contributed by atoms with E-state index in [2.05, 4.69) is 66.4 Å². The van der Waals surface area contributed by atoms with Gasteiger partial charge in [0.25, 0.3) is 5.56 Å². The van der Waals surface area contributed by atoms with Crippen LogP contribution in [0.25, 0.3) is 16.0 Å². The number of carbonyl (C=O) groups is 1. The van der Waals surface area contributed by atoms with Gasteiger partial charge >= 0.3 is 0 Å². The molecule has 0 radical (unpaired) electrons. The van der Waals surface area contributed by atoms with E-state index >= 15 is 0 Å². The monoisotopic (exact) mass is 447 g/mol. The first-order chi connectivity index (χ1) is 15.1. The van der Waals surface area contributed by atoms with Crippen molar-refractivity contribution in [2.24, 2.45) is 0 Å². The first-order valence-electron chi connectivity index (χ1n) is 10.9. The quantitative estimate of drug-likeness (QED) is 0.583. The Labute approximate surface area is 192 Å². The Morgan fingerprint density at radius 2 is 1.81 bits per heavy atom. The lowest BCUT2D eigenvalue weighted by atomic mass is 9.86. The molecule has 0 aliphatic carbocycles. The number of aromatic amines is 1. The fourth-order valence-electron chi connectivity index (χ4n) is 4.05. The number of H-pyrrole nitrogens is 1. The van der Waals surface area contributed by atoms with E-state index in [0.717, 1.165) is 38.8 Å². The number of thiazole rings is 1. The van der Waals surface area contributed by atoms with Gasteiger partial charge in [-0.3, -0.25) is 9.59 Å². The Bertz CT molecular complexity index is 1240. The Morgan fingerprint density at radius 3 is 2.34 bits per heavy atom. The number of nitrogens with one attached hydrogen (secondary N) is 2. The van der Waals surface area contributed by atoms with Crippen LogP contribution in [0, 0.1) is 13.8 Å². The van der Waals surface area contributed by atoms with Gasteiger partial charge in [-0.2, -0.15) is 0 Å². The fraction of sp³-hybridized carbons (Fsp3) is 0.346. The molecule has 4 rings (SSSR count). The van der Waals surface area contributed by atoms with Crippen LogP contribution in [0.5, 0.6) is 0 Å². The van der Waals surface area contributed by atoms with Crippen LogP contribution in [0.4, 0.5) is 0 Å². The first-order valence-corrected chi connectivity index (χ1v) is 11.7. The minimum Gasteiger partial charge on any atom is -0.350 e. The first kappa shape index (κ1) is 22.2. The Hall–Kier alpha value is -2.99. The highest BCUT2D eigenvalue weighted by Gasteiger charge is 2.21. The van der Waals surface area contributed by atoms with Crippen molar-refractivity contribution in [1.29, 1.82) is 0 Å². The molecule has 1 aliphatic rings. The lowest BCUT2D eigenvalue weighted by Crippen LogP contribution is -2.23. The van der Waals surface area contributed by atoms with Gasteiger partial charge in [-0.05, 0) is 48.9 Å². The van der Waals surface area contributed by atoms with Crippen molar-refractivity contribution in [2.45, 2.75) is 58.9 Å². The van der Waals surface area contributed by atoms with E-state index in [1.807, 2.05) is 26.0 Å². The molecule has 1 amide bonds. The summed E-state index contributed by atoms with van der Waals surface area (Å²) < 4.78 is 0. The normalized spacial score (nSPS) is 17.0. The third-order valence-corrected chi connectivity index (χ3v) is 6.91. The van der Waals surface area contributed by atoms with E-state index in [1.165, 1.54) is 16.9 Å². The van der Waals surface area contributed by atoms with Gasteiger partial charge in [0.15, 0.2) is 0 Å². The molecule has 166 valence electrons. The molecular weight excluding hydrogens is 418 g/mol. The molecular formula is C26H29N3O2S. The van der Waals surface area contributed by atoms with Gasteiger partial charge in [0.1, 0.15) is 0 Å². The molecule has 3 heterocycles. The minimum absolute atomic E-state index is 0.0469. The highest BCUT2D eigenvalue weighted by atomic mass is 32.1. The van der Waals surface area contributed by atoms with E-state index in [-0.39, 0.29) is 22.9 Å². The van der Waals surface area contributed by atoms with Crippen LogP contribution < -0.4 is 10.9 Å². The molecule has 5 nitrogen and oxygen atoms in total. The SMILES string of the molecule is Cc1nc(C)c(-c2ccc(/C(=C\[C@H]3CCC(=O)N3)c3ccc(C(C)(C)C)cc3)[nH]c2=O)s1. The predicted octanol–water partition coefficient (Wildman–Crippen LogP) is 5.12. The van der Waals surface area contributed by atoms with Gasteiger partial charge < -0.3 is 10.3 Å². The second-order valence-electron chi connectivity index (χ2n) is 9.38. The molecule has 32 heavy (non-hydrogen) atoms. The van der Waals surface area contributed by atoms with Crippen LogP contribution in [0.15, 0.2) is 47.3 Å². The van der Waals surface area contributed by atoms with Crippen LogP contribution in [0.3, 0.4) is 0 Å². The Morgan fingerprint density at radius 1 is 1.09 bits per heavy atom. The van der Waals surface area contributed by atoms with Crippen LogP contribution in [-0.2, 0) is 10.2 Å². The second kappa shape index (κ2) is 8.51. The van der Waals surface area contributed by atoms with Crippen molar-refractivity contribution in [1.82, 2.24) is 15.3 Å². The summed E-state index contributed by atoms with van der Waals surface area (Å²) in [5.74, 6) is 0.0635. The van der Waals surface area contributed by atoms with Crippen molar-refractivity contribution >= 4 is 22.8 Å². The summed E-state index contributed by atoms with van der Waals surface area (Å²) in [5.41, 5.74) is 5.33. The number of amides is 1. The lowest BCUT2D eigenvalue weighted by Gasteiger charge is -2.20. The van der Waals surface area contributed by atoms with Crippen molar-refractivity contribution in [3.8, 4) is 10.4 Å². The predicted molar refractivity (Wildman–Crippen MR) is 131 cm³/mol. The van der Waals surface area contributed by atoms with Crippen molar-refractivity contribution in [3.05, 3.63) is 80.4 Å². The summed E-state index contributed by atoms with van der Waals surface area (Å²) in [6.07, 6.45) is 3.34. The zero-order valence-electron chi connectivity index (χ0n) is 19.2. The number of pyridine rings is 1. The molecule has 1 atom stereocenters. The van der Waals surface area contributed by atoms with Gasteiger partial charge in [0.2, 0.25) is 5.91 Å². The van der Waals surface area contributed by atoms with Crippen LogP contribution >= 0.6 is 11.3 Å². The molecule has 0 unspecified atom stereocenters. The molecule has 1 fully saturated rings. The molecule has 1 aromatic carbocycles. The number of nitrogens with zero attached hydrogens (tertiary/aromatic N) is 1. The van der Waals surface area contributed by atoms with Crippen LogP contribution in [0.2, 0.25) is 0 Å². The highest BCUT2D eigenvalue weighted by molar-refractivity contribution is 7.15. The van der Waals surface area contributed by atoms with Crippen molar-refractivity contribution in [2.75, 3.05) is 0 Å². The molecule has 2 N–H and O–H groups in total. The lowest BCUT2D eigenvalue weighted by molar-refractivity contribution is -0.119. The van der Waals surface area contributed by atoms with Crippen LogP contribution in [-0.4, -0.2) is 21.9 Å². The number of aromatic nitrogens is 2. The van der Waals surface area contributed by atoms with Gasteiger partial charge in [0.05, 0.1) is 21.1 Å². The number of benzene rings is 1. The zero-order valence-corrected chi connectivity index (χ0v) is 20.0. The largest absolute Gasteiger partial charge is 0.350 e.